The van der Waals surface area contributed by atoms with Gasteiger partial charge in [-0.15, -0.1) is 0 Å². The van der Waals surface area contributed by atoms with Crippen LogP contribution in [0.1, 0.15) is 27.3 Å². The molecular formula is C16H18N4O3. The van der Waals surface area contributed by atoms with Crippen LogP contribution in [0.2, 0.25) is 0 Å². The van der Waals surface area contributed by atoms with Crippen molar-refractivity contribution in [1.29, 1.82) is 0 Å². The number of nitrogens with one attached hydrogen (secondary N) is 2. The Morgan fingerprint density at radius 2 is 2.00 bits per heavy atom. The lowest BCUT2D eigenvalue weighted by Gasteiger charge is -2.17. The van der Waals surface area contributed by atoms with Crippen molar-refractivity contribution in [1.82, 2.24) is 20.0 Å². The molecule has 2 N–H and O–H groups in total. The fraction of sp³-hybridized carbons (Fsp3) is 0.312. The number of carbonyl (C=O) groups excluding carboxylic acids is 2. The lowest BCUT2D eigenvalue weighted by molar-refractivity contribution is 0.0782. The lowest BCUT2D eigenvalue weighted by Crippen LogP contribution is -2.39. The summed E-state index contributed by atoms with van der Waals surface area (Å²) < 4.78 is 1.39. The molecule has 0 radical (unpaired) electrons. The number of carbonyl (C=O) groups is 2. The second-order valence-electron chi connectivity index (χ2n) is 5.64. The average Bonchev–Trinajstić information content (AvgIpc) is 3.13. The first-order chi connectivity index (χ1) is 11.0. The van der Waals surface area contributed by atoms with E-state index in [1.54, 1.807) is 24.1 Å². The maximum Gasteiger partial charge on any atom is 0.269 e. The highest BCUT2D eigenvalue weighted by Crippen LogP contribution is 2.14. The standard InChI is InChI=1S/C16H18N4O3/c1-19-13(9-14(21)18-19)15(22)17-12-7-8-20(10-12)16(23)11-5-3-2-4-6-11/h2-6,9,12H,7-8,10H2,1H3,(H,17,22)(H,18,21). The topological polar surface area (TPSA) is 87.2 Å². The Morgan fingerprint density at radius 1 is 1.26 bits per heavy atom. The molecule has 0 spiro atoms. The van der Waals surface area contributed by atoms with Crippen molar-refractivity contribution in [2.45, 2.75) is 12.5 Å². The molecule has 23 heavy (non-hydrogen) atoms. The van der Waals surface area contributed by atoms with Gasteiger partial charge in [-0.2, -0.15) is 0 Å². The van der Waals surface area contributed by atoms with E-state index >= 15 is 0 Å². The van der Waals surface area contributed by atoms with Crippen molar-refractivity contribution in [3.05, 3.63) is 58.0 Å². The number of hydrogen-bond donors (Lipinski definition) is 2. The second-order valence-corrected chi connectivity index (χ2v) is 5.64. The van der Waals surface area contributed by atoms with E-state index in [-0.39, 0.29) is 29.1 Å². The first kappa shape index (κ1) is 15.1. The molecule has 0 saturated carbocycles. The van der Waals surface area contributed by atoms with Crippen molar-refractivity contribution in [3.8, 4) is 0 Å². The van der Waals surface area contributed by atoms with Gasteiger partial charge in [-0.3, -0.25) is 24.2 Å². The van der Waals surface area contributed by atoms with Crippen LogP contribution in [-0.2, 0) is 7.05 Å². The molecule has 2 heterocycles. The van der Waals surface area contributed by atoms with Crippen molar-refractivity contribution in [2.24, 2.45) is 7.05 Å². The highest BCUT2D eigenvalue weighted by Gasteiger charge is 2.28. The van der Waals surface area contributed by atoms with E-state index in [1.807, 2.05) is 18.2 Å². The average molecular weight is 314 g/mol. The molecule has 1 unspecified atom stereocenters. The minimum Gasteiger partial charge on any atom is -0.346 e. The quantitative estimate of drug-likeness (QED) is 0.857. The van der Waals surface area contributed by atoms with E-state index < -0.39 is 0 Å². The predicted octanol–water partition coefficient (Wildman–Crippen LogP) is 0.358. The van der Waals surface area contributed by atoms with Gasteiger partial charge in [0.15, 0.2) is 0 Å². The first-order valence-corrected chi connectivity index (χ1v) is 7.46. The summed E-state index contributed by atoms with van der Waals surface area (Å²) in [4.78, 5) is 37.5. The van der Waals surface area contributed by atoms with E-state index in [4.69, 9.17) is 0 Å². The molecule has 2 amide bonds. The third-order valence-electron chi connectivity index (χ3n) is 3.97. The summed E-state index contributed by atoms with van der Waals surface area (Å²) in [6.45, 7) is 1.07. The molecule has 1 aromatic heterocycles. The summed E-state index contributed by atoms with van der Waals surface area (Å²) >= 11 is 0. The van der Waals surface area contributed by atoms with Crippen LogP contribution >= 0.6 is 0 Å². The van der Waals surface area contributed by atoms with E-state index in [2.05, 4.69) is 10.4 Å². The number of amides is 2. The molecule has 7 nitrogen and oxygen atoms in total. The third-order valence-corrected chi connectivity index (χ3v) is 3.97. The Balaban J connectivity index is 1.62. The van der Waals surface area contributed by atoms with E-state index in [1.165, 1.54) is 10.7 Å². The van der Waals surface area contributed by atoms with Gasteiger partial charge in [0, 0.05) is 37.8 Å². The third kappa shape index (κ3) is 3.18. The summed E-state index contributed by atoms with van der Waals surface area (Å²) in [7, 11) is 1.61. The monoisotopic (exact) mass is 314 g/mol. The number of hydrogen-bond acceptors (Lipinski definition) is 3. The van der Waals surface area contributed by atoms with Gasteiger partial charge < -0.3 is 10.2 Å². The predicted molar refractivity (Wildman–Crippen MR) is 84.3 cm³/mol. The maximum atomic E-state index is 12.4. The smallest absolute Gasteiger partial charge is 0.269 e. The van der Waals surface area contributed by atoms with Gasteiger partial charge >= 0.3 is 0 Å². The Hall–Kier alpha value is -2.83. The van der Waals surface area contributed by atoms with Crippen LogP contribution < -0.4 is 10.9 Å². The number of H-pyrrole nitrogens is 1. The van der Waals surface area contributed by atoms with Gasteiger partial charge in [0.05, 0.1) is 0 Å². The van der Waals surface area contributed by atoms with Crippen LogP contribution in [-0.4, -0.2) is 45.6 Å². The fourth-order valence-corrected chi connectivity index (χ4v) is 2.78. The van der Waals surface area contributed by atoms with E-state index in [0.29, 0.717) is 25.1 Å². The van der Waals surface area contributed by atoms with Gasteiger partial charge in [0.2, 0.25) is 0 Å². The maximum absolute atomic E-state index is 12.4. The van der Waals surface area contributed by atoms with Crippen LogP contribution in [0.4, 0.5) is 0 Å². The van der Waals surface area contributed by atoms with Crippen molar-refractivity contribution >= 4 is 11.8 Å². The number of aryl methyl sites for hydroxylation is 1. The molecule has 1 aliphatic rings. The first-order valence-electron chi connectivity index (χ1n) is 7.46. The fourth-order valence-electron chi connectivity index (χ4n) is 2.78. The Bertz CT molecular complexity index is 778. The highest BCUT2D eigenvalue weighted by molar-refractivity contribution is 5.95. The molecule has 1 fully saturated rings. The van der Waals surface area contributed by atoms with Crippen LogP contribution in [0.3, 0.4) is 0 Å². The minimum absolute atomic E-state index is 0.0311. The summed E-state index contributed by atoms with van der Waals surface area (Å²) in [6, 6.07) is 10.2. The van der Waals surface area contributed by atoms with Crippen LogP contribution in [0, 0.1) is 0 Å². The number of benzene rings is 1. The van der Waals surface area contributed by atoms with Crippen LogP contribution in [0.5, 0.6) is 0 Å². The molecule has 3 rings (SSSR count). The van der Waals surface area contributed by atoms with Gasteiger partial charge in [-0.05, 0) is 18.6 Å². The number of likely N-dealkylation sites (tertiary alicyclic amines) is 1. The van der Waals surface area contributed by atoms with E-state index in [0.717, 1.165) is 0 Å². The molecule has 1 saturated heterocycles. The Morgan fingerprint density at radius 3 is 2.65 bits per heavy atom. The molecule has 1 atom stereocenters. The normalized spacial score (nSPS) is 17.3. The molecule has 1 aromatic carbocycles. The van der Waals surface area contributed by atoms with Crippen LogP contribution in [0.15, 0.2) is 41.2 Å². The number of aromatic amines is 1. The van der Waals surface area contributed by atoms with Crippen molar-refractivity contribution < 1.29 is 9.59 Å². The Kier molecular flexibility index (Phi) is 4.01. The summed E-state index contributed by atoms with van der Waals surface area (Å²) in [6.07, 6.45) is 0.697. The summed E-state index contributed by atoms with van der Waals surface area (Å²) in [5, 5.41) is 5.37. The zero-order valence-electron chi connectivity index (χ0n) is 12.8. The highest BCUT2D eigenvalue weighted by atomic mass is 16.2. The number of rotatable bonds is 3. The van der Waals surface area contributed by atoms with Crippen molar-refractivity contribution in [2.75, 3.05) is 13.1 Å². The molecule has 2 aromatic rings. The number of nitrogens with zero attached hydrogens (tertiary/aromatic N) is 2. The second kappa shape index (κ2) is 6.12. The SMILES string of the molecule is Cn1[nH]c(=O)cc1C(=O)NC1CCN(C(=O)c2ccccc2)C1. The zero-order valence-corrected chi connectivity index (χ0v) is 12.8. The lowest BCUT2D eigenvalue weighted by atomic mass is 10.2. The van der Waals surface area contributed by atoms with Gasteiger partial charge in [-0.1, -0.05) is 18.2 Å². The zero-order chi connectivity index (χ0) is 16.4. The van der Waals surface area contributed by atoms with Gasteiger partial charge in [0.1, 0.15) is 5.69 Å². The molecule has 0 aliphatic carbocycles. The minimum atomic E-state index is -0.315. The molecule has 7 heteroatoms. The summed E-state index contributed by atoms with van der Waals surface area (Å²) in [5.41, 5.74) is 0.611. The van der Waals surface area contributed by atoms with Crippen molar-refractivity contribution in [3.63, 3.8) is 0 Å². The Labute approximate surface area is 132 Å². The molecular weight excluding hydrogens is 296 g/mol. The number of aromatic nitrogens is 2. The molecule has 120 valence electrons. The molecule has 0 bridgehead atoms. The van der Waals surface area contributed by atoms with Crippen LogP contribution in [0.25, 0.3) is 0 Å². The summed E-state index contributed by atoms with van der Waals surface area (Å²) in [5.74, 6) is -0.346. The van der Waals surface area contributed by atoms with E-state index in [9.17, 15) is 14.4 Å². The largest absolute Gasteiger partial charge is 0.346 e. The van der Waals surface area contributed by atoms with Gasteiger partial charge in [-0.25, -0.2) is 0 Å². The molecule has 1 aliphatic heterocycles. The van der Waals surface area contributed by atoms with Gasteiger partial charge in [0.25, 0.3) is 17.4 Å².